The highest BCUT2D eigenvalue weighted by Gasteiger charge is 2.19. The van der Waals surface area contributed by atoms with E-state index in [-0.39, 0.29) is 0 Å². The number of benzene rings is 1. The molecule has 0 spiro atoms. The zero-order chi connectivity index (χ0) is 13.1. The Bertz CT molecular complexity index is 399. The number of piperidine rings is 1. The maximum absolute atomic E-state index is 13.2. The molecule has 4 heteroatoms. The molecule has 100 valence electrons. The number of phenols is 1. The van der Waals surface area contributed by atoms with Crippen LogP contribution >= 0.6 is 0 Å². The Kier molecular flexibility index (Phi) is 4.17. The molecule has 0 aliphatic carbocycles. The van der Waals surface area contributed by atoms with Gasteiger partial charge in [-0.25, -0.2) is 8.78 Å². The standard InChI is InChI=1S/C14H19F2NO/c1-2-10-4-3-5-17(8-10)9-11-6-12(15)14(18)13(16)7-11/h6-7,10,18H,2-5,8-9H2,1H3. The molecule has 0 aromatic heterocycles. The summed E-state index contributed by atoms with van der Waals surface area (Å²) in [4.78, 5) is 2.23. The Labute approximate surface area is 106 Å². The molecule has 0 saturated carbocycles. The molecule has 1 unspecified atom stereocenters. The van der Waals surface area contributed by atoms with E-state index in [1.807, 2.05) is 0 Å². The first kappa shape index (κ1) is 13.3. The van der Waals surface area contributed by atoms with E-state index in [4.69, 9.17) is 5.11 Å². The third-order valence-corrected chi connectivity index (χ3v) is 3.66. The SMILES string of the molecule is CCC1CCCN(Cc2cc(F)c(O)c(F)c2)C1. The van der Waals surface area contributed by atoms with Crippen LogP contribution in [0.25, 0.3) is 0 Å². The predicted molar refractivity (Wildman–Crippen MR) is 66.3 cm³/mol. The lowest BCUT2D eigenvalue weighted by Crippen LogP contribution is -2.34. The number of halogens is 2. The lowest BCUT2D eigenvalue weighted by molar-refractivity contribution is 0.164. The van der Waals surface area contributed by atoms with Crippen molar-refractivity contribution in [3.05, 3.63) is 29.3 Å². The van der Waals surface area contributed by atoms with Crippen molar-refractivity contribution in [2.75, 3.05) is 13.1 Å². The molecule has 18 heavy (non-hydrogen) atoms. The van der Waals surface area contributed by atoms with Gasteiger partial charge in [0.2, 0.25) is 0 Å². The molecule has 1 fully saturated rings. The minimum absolute atomic E-state index is 0.546. The summed E-state index contributed by atoms with van der Waals surface area (Å²) >= 11 is 0. The molecule has 1 aromatic rings. The van der Waals surface area contributed by atoms with Gasteiger partial charge in [0.15, 0.2) is 17.4 Å². The second-order valence-corrected chi connectivity index (χ2v) is 5.06. The van der Waals surface area contributed by atoms with Gasteiger partial charge in [0.1, 0.15) is 0 Å². The summed E-state index contributed by atoms with van der Waals surface area (Å²) in [6.07, 6.45) is 3.53. The van der Waals surface area contributed by atoms with Crippen LogP contribution in [0.4, 0.5) is 8.78 Å². The Morgan fingerprint density at radius 2 is 2.00 bits per heavy atom. The fourth-order valence-electron chi connectivity index (χ4n) is 2.60. The van der Waals surface area contributed by atoms with Crippen LogP contribution in [0.3, 0.4) is 0 Å². The van der Waals surface area contributed by atoms with E-state index in [1.165, 1.54) is 18.6 Å². The molecule has 1 atom stereocenters. The van der Waals surface area contributed by atoms with Crippen LogP contribution in [0, 0.1) is 17.6 Å². The van der Waals surface area contributed by atoms with Gasteiger partial charge in [-0.3, -0.25) is 4.90 Å². The van der Waals surface area contributed by atoms with Gasteiger partial charge in [0, 0.05) is 13.1 Å². The van der Waals surface area contributed by atoms with Crippen molar-refractivity contribution in [3.8, 4) is 5.75 Å². The third kappa shape index (κ3) is 2.99. The molecule has 1 heterocycles. The van der Waals surface area contributed by atoms with E-state index in [2.05, 4.69) is 11.8 Å². The highest BCUT2D eigenvalue weighted by molar-refractivity contribution is 5.30. The molecule has 2 rings (SSSR count). The predicted octanol–water partition coefficient (Wildman–Crippen LogP) is 3.29. The van der Waals surface area contributed by atoms with Crippen LogP contribution in [0.2, 0.25) is 0 Å². The summed E-state index contributed by atoms with van der Waals surface area (Å²) < 4.78 is 26.5. The fourth-order valence-corrected chi connectivity index (χ4v) is 2.60. The first-order valence-corrected chi connectivity index (χ1v) is 6.49. The largest absolute Gasteiger partial charge is 0.503 e. The summed E-state index contributed by atoms with van der Waals surface area (Å²) in [6, 6.07) is 2.43. The maximum Gasteiger partial charge on any atom is 0.187 e. The fraction of sp³-hybridized carbons (Fsp3) is 0.571. The van der Waals surface area contributed by atoms with Crippen molar-refractivity contribution in [2.24, 2.45) is 5.92 Å². The molecule has 1 saturated heterocycles. The van der Waals surface area contributed by atoms with Gasteiger partial charge in [0.25, 0.3) is 0 Å². The smallest absolute Gasteiger partial charge is 0.187 e. The second kappa shape index (κ2) is 5.65. The quantitative estimate of drug-likeness (QED) is 0.895. The van der Waals surface area contributed by atoms with E-state index in [0.29, 0.717) is 18.0 Å². The number of phenolic OH excluding ortho intramolecular Hbond substituents is 1. The Hall–Kier alpha value is -1.16. The molecular formula is C14H19F2NO. The first-order valence-electron chi connectivity index (χ1n) is 6.49. The normalized spacial score (nSPS) is 21.2. The molecule has 0 bridgehead atoms. The van der Waals surface area contributed by atoms with Crippen molar-refractivity contribution in [1.29, 1.82) is 0 Å². The molecule has 1 aromatic carbocycles. The molecule has 0 amide bonds. The number of nitrogens with zero attached hydrogens (tertiary/aromatic N) is 1. The van der Waals surface area contributed by atoms with Gasteiger partial charge in [-0.1, -0.05) is 13.3 Å². The average molecular weight is 255 g/mol. The lowest BCUT2D eigenvalue weighted by atomic mass is 9.95. The highest BCUT2D eigenvalue weighted by atomic mass is 19.1. The van der Waals surface area contributed by atoms with E-state index >= 15 is 0 Å². The summed E-state index contributed by atoms with van der Waals surface area (Å²) in [5.41, 5.74) is 0.583. The van der Waals surface area contributed by atoms with Crippen molar-refractivity contribution in [1.82, 2.24) is 4.90 Å². The second-order valence-electron chi connectivity index (χ2n) is 5.06. The zero-order valence-electron chi connectivity index (χ0n) is 10.6. The van der Waals surface area contributed by atoms with Crippen LogP contribution in [0.5, 0.6) is 5.75 Å². The van der Waals surface area contributed by atoms with E-state index in [9.17, 15) is 8.78 Å². The summed E-state index contributed by atoms with van der Waals surface area (Å²) in [6.45, 7) is 4.68. The maximum atomic E-state index is 13.2. The van der Waals surface area contributed by atoms with Crippen molar-refractivity contribution in [3.63, 3.8) is 0 Å². The van der Waals surface area contributed by atoms with Crippen molar-refractivity contribution in [2.45, 2.75) is 32.7 Å². The van der Waals surface area contributed by atoms with Crippen LogP contribution in [0.15, 0.2) is 12.1 Å². The van der Waals surface area contributed by atoms with Gasteiger partial charge < -0.3 is 5.11 Å². The average Bonchev–Trinajstić information content (AvgIpc) is 2.36. The Morgan fingerprint density at radius 3 is 2.61 bits per heavy atom. The summed E-state index contributed by atoms with van der Waals surface area (Å²) in [5.74, 6) is -1.96. The minimum Gasteiger partial charge on any atom is -0.503 e. The van der Waals surface area contributed by atoms with Gasteiger partial charge in [-0.15, -0.1) is 0 Å². The molecular weight excluding hydrogens is 236 g/mol. The molecule has 1 aliphatic rings. The Morgan fingerprint density at radius 1 is 1.33 bits per heavy atom. The van der Waals surface area contributed by atoms with Crippen molar-refractivity contribution < 1.29 is 13.9 Å². The van der Waals surface area contributed by atoms with Crippen LogP contribution in [0.1, 0.15) is 31.7 Å². The summed E-state index contributed by atoms with van der Waals surface area (Å²) in [5, 5.41) is 9.05. The molecule has 2 nitrogen and oxygen atoms in total. The zero-order valence-corrected chi connectivity index (χ0v) is 10.6. The number of rotatable bonds is 3. The third-order valence-electron chi connectivity index (χ3n) is 3.66. The van der Waals surface area contributed by atoms with Gasteiger partial charge in [-0.2, -0.15) is 0 Å². The minimum atomic E-state index is -0.885. The molecule has 1 N–H and O–H groups in total. The van der Waals surface area contributed by atoms with Crippen LogP contribution in [-0.4, -0.2) is 23.1 Å². The topological polar surface area (TPSA) is 23.5 Å². The van der Waals surface area contributed by atoms with Gasteiger partial charge >= 0.3 is 0 Å². The van der Waals surface area contributed by atoms with E-state index in [0.717, 1.165) is 25.9 Å². The summed E-state index contributed by atoms with van der Waals surface area (Å²) in [7, 11) is 0. The first-order chi connectivity index (χ1) is 8.60. The number of aromatic hydroxyl groups is 1. The number of hydrogen-bond donors (Lipinski definition) is 1. The van der Waals surface area contributed by atoms with E-state index in [1.54, 1.807) is 0 Å². The Balaban J connectivity index is 2.05. The number of likely N-dealkylation sites (tertiary alicyclic amines) is 1. The van der Waals surface area contributed by atoms with Crippen LogP contribution in [-0.2, 0) is 6.54 Å². The monoisotopic (exact) mass is 255 g/mol. The van der Waals surface area contributed by atoms with Gasteiger partial charge in [-0.05, 0) is 43.0 Å². The number of hydrogen-bond acceptors (Lipinski definition) is 2. The van der Waals surface area contributed by atoms with Crippen molar-refractivity contribution >= 4 is 0 Å². The van der Waals surface area contributed by atoms with E-state index < -0.39 is 17.4 Å². The van der Waals surface area contributed by atoms with Crippen LogP contribution < -0.4 is 0 Å². The van der Waals surface area contributed by atoms with Gasteiger partial charge in [0.05, 0.1) is 0 Å². The molecule has 0 radical (unpaired) electrons. The highest BCUT2D eigenvalue weighted by Crippen LogP contribution is 2.24. The molecule has 1 aliphatic heterocycles. The lowest BCUT2D eigenvalue weighted by Gasteiger charge is -2.32.